The van der Waals surface area contributed by atoms with Crippen molar-refractivity contribution in [3.8, 4) is 0 Å². The number of aromatic nitrogens is 2. The predicted molar refractivity (Wildman–Crippen MR) is 60.2 cm³/mol. The van der Waals surface area contributed by atoms with Gasteiger partial charge in [-0.1, -0.05) is 0 Å². The van der Waals surface area contributed by atoms with Crippen LogP contribution in [0.25, 0.3) is 0 Å². The van der Waals surface area contributed by atoms with Crippen molar-refractivity contribution in [3.05, 3.63) is 22.9 Å². The monoisotopic (exact) mass is 212 g/mol. The minimum absolute atomic E-state index is 0.0708. The van der Waals surface area contributed by atoms with Gasteiger partial charge in [0, 0.05) is 38.2 Å². The first kappa shape index (κ1) is 12.0. The van der Waals surface area contributed by atoms with Gasteiger partial charge in [-0.3, -0.25) is 9.13 Å². The van der Waals surface area contributed by atoms with E-state index in [1.807, 2.05) is 33.2 Å². The minimum atomic E-state index is 0.0708. The standard InChI is InChI=1S/C11H20N2O2/c1-4-15-9-5-6-12-7-8-13(10(2)3)11(12)14/h7-8,10H,4-6,9H2,1-3H3. The van der Waals surface area contributed by atoms with Crippen LogP contribution >= 0.6 is 0 Å². The molecule has 4 nitrogen and oxygen atoms in total. The summed E-state index contributed by atoms with van der Waals surface area (Å²) < 4.78 is 8.70. The number of hydrogen-bond donors (Lipinski definition) is 0. The van der Waals surface area contributed by atoms with Gasteiger partial charge in [0.2, 0.25) is 0 Å². The molecule has 0 amide bonds. The molecule has 15 heavy (non-hydrogen) atoms. The molecule has 1 aromatic rings. The summed E-state index contributed by atoms with van der Waals surface area (Å²) in [7, 11) is 0. The lowest BCUT2D eigenvalue weighted by molar-refractivity contribution is 0.141. The Morgan fingerprint density at radius 1 is 1.40 bits per heavy atom. The normalized spacial score (nSPS) is 11.2. The highest BCUT2D eigenvalue weighted by atomic mass is 16.5. The molecule has 0 saturated heterocycles. The molecule has 1 aromatic heterocycles. The molecule has 0 unspecified atom stereocenters. The molecule has 86 valence electrons. The maximum absolute atomic E-state index is 11.8. The molecule has 0 aliphatic heterocycles. The molecule has 1 heterocycles. The molecular weight excluding hydrogens is 192 g/mol. The van der Waals surface area contributed by atoms with Gasteiger partial charge in [0.15, 0.2) is 0 Å². The van der Waals surface area contributed by atoms with Crippen molar-refractivity contribution in [1.29, 1.82) is 0 Å². The molecule has 0 radical (unpaired) electrons. The summed E-state index contributed by atoms with van der Waals surface area (Å²) in [5, 5.41) is 0. The topological polar surface area (TPSA) is 36.2 Å². The summed E-state index contributed by atoms with van der Waals surface area (Å²) in [5.41, 5.74) is 0.0708. The first-order chi connectivity index (χ1) is 7.16. The summed E-state index contributed by atoms with van der Waals surface area (Å²) in [4.78, 5) is 11.8. The second kappa shape index (κ2) is 5.75. The van der Waals surface area contributed by atoms with E-state index in [1.54, 1.807) is 9.13 Å². The molecule has 0 atom stereocenters. The lowest BCUT2D eigenvalue weighted by Gasteiger charge is -2.05. The van der Waals surface area contributed by atoms with Crippen LogP contribution in [0.2, 0.25) is 0 Å². The van der Waals surface area contributed by atoms with Gasteiger partial charge in [-0.05, 0) is 27.2 Å². The van der Waals surface area contributed by atoms with Crippen molar-refractivity contribution < 1.29 is 4.74 Å². The average Bonchev–Trinajstić information content (AvgIpc) is 2.55. The van der Waals surface area contributed by atoms with Gasteiger partial charge < -0.3 is 4.74 Å². The summed E-state index contributed by atoms with van der Waals surface area (Å²) >= 11 is 0. The highest BCUT2D eigenvalue weighted by Crippen LogP contribution is 1.99. The van der Waals surface area contributed by atoms with Crippen LogP contribution in [0.5, 0.6) is 0 Å². The Hall–Kier alpha value is -1.03. The van der Waals surface area contributed by atoms with E-state index in [4.69, 9.17) is 4.74 Å². The summed E-state index contributed by atoms with van der Waals surface area (Å²) in [6, 6.07) is 0.227. The highest BCUT2D eigenvalue weighted by molar-refractivity contribution is 4.83. The number of rotatable bonds is 6. The van der Waals surface area contributed by atoms with E-state index >= 15 is 0 Å². The fourth-order valence-electron chi connectivity index (χ4n) is 1.47. The maximum Gasteiger partial charge on any atom is 0.328 e. The lowest BCUT2D eigenvalue weighted by atomic mass is 10.4. The molecule has 0 fully saturated rings. The van der Waals surface area contributed by atoms with Crippen molar-refractivity contribution in [2.75, 3.05) is 13.2 Å². The molecule has 0 bridgehead atoms. The van der Waals surface area contributed by atoms with Crippen LogP contribution in [0, 0.1) is 0 Å². The second-order valence-electron chi connectivity index (χ2n) is 3.83. The van der Waals surface area contributed by atoms with Crippen LogP contribution < -0.4 is 5.69 Å². The molecule has 0 spiro atoms. The maximum atomic E-state index is 11.8. The summed E-state index contributed by atoms with van der Waals surface area (Å²) in [6.07, 6.45) is 4.57. The first-order valence-corrected chi connectivity index (χ1v) is 5.51. The SMILES string of the molecule is CCOCCCn1ccn(C(C)C)c1=O. The average molecular weight is 212 g/mol. The van der Waals surface area contributed by atoms with E-state index in [0.29, 0.717) is 0 Å². The van der Waals surface area contributed by atoms with Crippen LogP contribution in [0.4, 0.5) is 0 Å². The van der Waals surface area contributed by atoms with Gasteiger partial charge in [0.1, 0.15) is 0 Å². The highest BCUT2D eigenvalue weighted by Gasteiger charge is 2.04. The quantitative estimate of drug-likeness (QED) is 0.672. The van der Waals surface area contributed by atoms with Crippen molar-refractivity contribution in [3.63, 3.8) is 0 Å². The van der Waals surface area contributed by atoms with E-state index in [0.717, 1.165) is 26.2 Å². The van der Waals surface area contributed by atoms with Crippen molar-refractivity contribution in [2.45, 2.75) is 39.8 Å². The Morgan fingerprint density at radius 2 is 2.13 bits per heavy atom. The Morgan fingerprint density at radius 3 is 2.67 bits per heavy atom. The van der Waals surface area contributed by atoms with Gasteiger partial charge in [0.25, 0.3) is 0 Å². The number of aryl methyl sites for hydroxylation is 1. The molecular formula is C11H20N2O2. The number of hydrogen-bond acceptors (Lipinski definition) is 2. The van der Waals surface area contributed by atoms with Crippen LogP contribution in [0.3, 0.4) is 0 Å². The number of ether oxygens (including phenoxy) is 1. The van der Waals surface area contributed by atoms with Crippen LogP contribution in [0.15, 0.2) is 17.2 Å². The summed E-state index contributed by atoms with van der Waals surface area (Å²) in [5.74, 6) is 0. The second-order valence-corrected chi connectivity index (χ2v) is 3.83. The van der Waals surface area contributed by atoms with Crippen LogP contribution in [-0.4, -0.2) is 22.3 Å². The zero-order valence-corrected chi connectivity index (χ0v) is 9.77. The Labute approximate surface area is 90.5 Å². The Balaban J connectivity index is 2.52. The lowest BCUT2D eigenvalue weighted by Crippen LogP contribution is -2.25. The smallest absolute Gasteiger partial charge is 0.328 e. The third-order valence-corrected chi connectivity index (χ3v) is 2.32. The minimum Gasteiger partial charge on any atom is -0.382 e. The molecule has 0 N–H and O–H groups in total. The van der Waals surface area contributed by atoms with Gasteiger partial charge in [-0.25, -0.2) is 4.79 Å². The van der Waals surface area contributed by atoms with Gasteiger partial charge in [-0.15, -0.1) is 0 Å². The molecule has 1 rings (SSSR count). The molecule has 0 aromatic carbocycles. The van der Waals surface area contributed by atoms with E-state index in [-0.39, 0.29) is 11.7 Å². The van der Waals surface area contributed by atoms with E-state index in [2.05, 4.69) is 0 Å². The molecule has 0 aliphatic carbocycles. The van der Waals surface area contributed by atoms with Gasteiger partial charge >= 0.3 is 5.69 Å². The first-order valence-electron chi connectivity index (χ1n) is 5.51. The predicted octanol–water partition coefficient (Wildman–Crippen LogP) is 1.66. The number of imidazole rings is 1. The Kier molecular flexibility index (Phi) is 4.62. The molecule has 0 aliphatic rings. The van der Waals surface area contributed by atoms with Crippen molar-refractivity contribution in [2.24, 2.45) is 0 Å². The summed E-state index contributed by atoms with van der Waals surface area (Å²) in [6.45, 7) is 8.18. The van der Waals surface area contributed by atoms with E-state index in [1.165, 1.54) is 0 Å². The Bertz CT molecular complexity index is 339. The van der Waals surface area contributed by atoms with Gasteiger partial charge in [0.05, 0.1) is 0 Å². The van der Waals surface area contributed by atoms with Crippen molar-refractivity contribution >= 4 is 0 Å². The third kappa shape index (κ3) is 3.23. The zero-order chi connectivity index (χ0) is 11.3. The van der Waals surface area contributed by atoms with E-state index < -0.39 is 0 Å². The van der Waals surface area contributed by atoms with E-state index in [9.17, 15) is 4.79 Å². The molecule has 4 heteroatoms. The fourth-order valence-corrected chi connectivity index (χ4v) is 1.47. The fraction of sp³-hybridized carbons (Fsp3) is 0.727. The van der Waals surface area contributed by atoms with Crippen LogP contribution in [-0.2, 0) is 11.3 Å². The zero-order valence-electron chi connectivity index (χ0n) is 9.77. The third-order valence-electron chi connectivity index (χ3n) is 2.32. The number of nitrogens with zero attached hydrogens (tertiary/aromatic N) is 2. The molecule has 0 saturated carbocycles. The largest absolute Gasteiger partial charge is 0.382 e. The van der Waals surface area contributed by atoms with Crippen LogP contribution in [0.1, 0.15) is 33.2 Å². The van der Waals surface area contributed by atoms with Gasteiger partial charge in [-0.2, -0.15) is 0 Å². The van der Waals surface area contributed by atoms with Crippen molar-refractivity contribution in [1.82, 2.24) is 9.13 Å².